The molecule has 1 aliphatic rings. The van der Waals surface area contributed by atoms with Crippen molar-refractivity contribution >= 4 is 27.3 Å². The molecule has 1 aliphatic heterocycles. The van der Waals surface area contributed by atoms with Gasteiger partial charge in [-0.05, 0) is 24.3 Å². The number of allylic oxidation sites excluding steroid dienone is 2. The van der Waals surface area contributed by atoms with Gasteiger partial charge in [0.1, 0.15) is 5.01 Å². The normalized spacial score (nSPS) is 14.0. The first-order valence-corrected chi connectivity index (χ1v) is 7.61. The van der Waals surface area contributed by atoms with Crippen LogP contribution in [0.5, 0.6) is 0 Å². The molecule has 6 heteroatoms. The zero-order valence-corrected chi connectivity index (χ0v) is 12.3. The molecule has 108 valence electrons. The Bertz CT molecular complexity index is 896. The fraction of sp³-hybridized carbons (Fsp3) is 0.0625. The lowest BCUT2D eigenvalue weighted by molar-refractivity contribution is 0.584. The summed E-state index contributed by atoms with van der Waals surface area (Å²) in [6.07, 6.45) is 7.54. The maximum absolute atomic E-state index is 12.9. The Hall–Kier alpha value is -2.60. The fourth-order valence-electron chi connectivity index (χ4n) is 2.24. The summed E-state index contributed by atoms with van der Waals surface area (Å²) in [7, 11) is 0. The first-order valence-electron chi connectivity index (χ1n) is 6.79. The number of pyridine rings is 2. The van der Waals surface area contributed by atoms with Crippen LogP contribution >= 0.6 is 11.3 Å². The average Bonchev–Trinajstić information content (AvgIpc) is 2.99. The van der Waals surface area contributed by atoms with Gasteiger partial charge in [-0.3, -0.25) is 0 Å². The van der Waals surface area contributed by atoms with Gasteiger partial charge in [-0.15, -0.1) is 11.3 Å². The molecule has 0 saturated heterocycles. The van der Waals surface area contributed by atoms with Crippen LogP contribution in [-0.2, 0) is 0 Å². The van der Waals surface area contributed by atoms with Crippen molar-refractivity contribution in [2.45, 2.75) is 0 Å². The SMILES string of the molecule is Fc1ccc(-c2nc3nc(C4=CNCC=C4)ccc3s2)cn1. The third-order valence-electron chi connectivity index (χ3n) is 3.31. The molecule has 4 rings (SSSR count). The van der Waals surface area contributed by atoms with Crippen LogP contribution in [0.15, 0.2) is 48.8 Å². The van der Waals surface area contributed by atoms with Gasteiger partial charge in [-0.1, -0.05) is 12.2 Å². The molecule has 3 aromatic rings. The molecule has 0 aromatic carbocycles. The van der Waals surface area contributed by atoms with Crippen molar-refractivity contribution in [3.63, 3.8) is 0 Å². The Morgan fingerprint density at radius 1 is 1.14 bits per heavy atom. The van der Waals surface area contributed by atoms with Crippen LogP contribution in [-0.4, -0.2) is 21.5 Å². The Balaban J connectivity index is 1.76. The second-order valence-corrected chi connectivity index (χ2v) is 5.85. The lowest BCUT2D eigenvalue weighted by atomic mass is 10.1. The van der Waals surface area contributed by atoms with E-state index in [1.54, 1.807) is 6.07 Å². The van der Waals surface area contributed by atoms with E-state index in [-0.39, 0.29) is 0 Å². The van der Waals surface area contributed by atoms with E-state index in [4.69, 9.17) is 0 Å². The Labute approximate surface area is 130 Å². The van der Waals surface area contributed by atoms with Crippen molar-refractivity contribution < 1.29 is 4.39 Å². The van der Waals surface area contributed by atoms with Gasteiger partial charge in [0.05, 0.1) is 10.4 Å². The molecule has 0 aliphatic carbocycles. The summed E-state index contributed by atoms with van der Waals surface area (Å²) in [5, 5.41) is 3.96. The lowest BCUT2D eigenvalue weighted by Crippen LogP contribution is -2.09. The van der Waals surface area contributed by atoms with Gasteiger partial charge in [0, 0.05) is 30.1 Å². The molecule has 0 saturated carbocycles. The zero-order valence-electron chi connectivity index (χ0n) is 11.5. The van der Waals surface area contributed by atoms with Gasteiger partial charge in [0.2, 0.25) is 5.95 Å². The predicted octanol–water partition coefficient (Wildman–Crippen LogP) is 3.39. The standard InChI is InChI=1S/C16H11FN4S/c17-14-6-3-11(9-19-14)16-21-15-13(22-16)5-4-12(20-15)10-2-1-7-18-8-10/h1-6,8-9,18H,7H2. The van der Waals surface area contributed by atoms with Crippen molar-refractivity contribution in [2.24, 2.45) is 0 Å². The van der Waals surface area contributed by atoms with Crippen LogP contribution in [0.2, 0.25) is 0 Å². The van der Waals surface area contributed by atoms with Crippen LogP contribution in [0.25, 0.3) is 26.5 Å². The molecule has 0 bridgehead atoms. The number of aromatic nitrogens is 3. The van der Waals surface area contributed by atoms with E-state index in [9.17, 15) is 4.39 Å². The number of hydrogen-bond acceptors (Lipinski definition) is 5. The smallest absolute Gasteiger partial charge is 0.212 e. The molecule has 4 heterocycles. The maximum Gasteiger partial charge on any atom is 0.212 e. The Morgan fingerprint density at radius 3 is 2.86 bits per heavy atom. The van der Waals surface area contributed by atoms with Gasteiger partial charge in [0.25, 0.3) is 0 Å². The largest absolute Gasteiger partial charge is 0.387 e. The molecule has 0 spiro atoms. The van der Waals surface area contributed by atoms with Crippen LogP contribution in [0.3, 0.4) is 0 Å². The molecule has 0 unspecified atom stereocenters. The number of fused-ring (bicyclic) bond motifs is 1. The highest BCUT2D eigenvalue weighted by molar-refractivity contribution is 7.21. The Morgan fingerprint density at radius 2 is 2.09 bits per heavy atom. The number of nitrogens with zero attached hydrogens (tertiary/aromatic N) is 3. The van der Waals surface area contributed by atoms with Crippen LogP contribution in [0.1, 0.15) is 5.69 Å². The summed E-state index contributed by atoms with van der Waals surface area (Å²) in [5.41, 5.74) is 3.40. The van der Waals surface area contributed by atoms with Crippen molar-refractivity contribution in [2.75, 3.05) is 6.54 Å². The van der Waals surface area contributed by atoms with Gasteiger partial charge in [-0.25, -0.2) is 15.0 Å². The average molecular weight is 310 g/mol. The third kappa shape index (κ3) is 2.37. The first-order chi connectivity index (χ1) is 10.8. The summed E-state index contributed by atoms with van der Waals surface area (Å²) >= 11 is 1.52. The third-order valence-corrected chi connectivity index (χ3v) is 4.37. The Kier molecular flexibility index (Phi) is 3.16. The number of halogens is 1. The van der Waals surface area contributed by atoms with E-state index < -0.39 is 5.95 Å². The highest BCUT2D eigenvalue weighted by Crippen LogP contribution is 2.30. The molecule has 0 atom stereocenters. The highest BCUT2D eigenvalue weighted by Gasteiger charge is 2.10. The number of hydrogen-bond donors (Lipinski definition) is 1. The summed E-state index contributed by atoms with van der Waals surface area (Å²) < 4.78 is 13.9. The van der Waals surface area contributed by atoms with E-state index in [0.717, 1.165) is 33.1 Å². The minimum Gasteiger partial charge on any atom is -0.387 e. The van der Waals surface area contributed by atoms with E-state index in [1.807, 2.05) is 24.4 Å². The second kappa shape index (κ2) is 5.31. The van der Waals surface area contributed by atoms with E-state index >= 15 is 0 Å². The quantitative estimate of drug-likeness (QED) is 0.737. The lowest BCUT2D eigenvalue weighted by Gasteiger charge is -2.07. The van der Waals surface area contributed by atoms with E-state index in [1.165, 1.54) is 23.6 Å². The summed E-state index contributed by atoms with van der Waals surface area (Å²) in [6, 6.07) is 7.01. The monoisotopic (exact) mass is 310 g/mol. The van der Waals surface area contributed by atoms with Gasteiger partial charge < -0.3 is 5.32 Å². The zero-order chi connectivity index (χ0) is 14.9. The van der Waals surface area contributed by atoms with Crippen molar-refractivity contribution in [1.82, 2.24) is 20.3 Å². The molecule has 0 radical (unpaired) electrons. The number of dihydropyridines is 1. The van der Waals surface area contributed by atoms with Crippen LogP contribution in [0, 0.1) is 5.95 Å². The topological polar surface area (TPSA) is 50.7 Å². The second-order valence-electron chi connectivity index (χ2n) is 4.82. The van der Waals surface area contributed by atoms with Gasteiger partial charge >= 0.3 is 0 Å². The highest BCUT2D eigenvalue weighted by atomic mass is 32.1. The van der Waals surface area contributed by atoms with Crippen molar-refractivity contribution in [1.29, 1.82) is 0 Å². The molecular formula is C16H11FN4S. The molecular weight excluding hydrogens is 299 g/mol. The summed E-state index contributed by atoms with van der Waals surface area (Å²) in [6.45, 7) is 0.837. The molecule has 0 amide bonds. The summed E-state index contributed by atoms with van der Waals surface area (Å²) in [4.78, 5) is 12.8. The van der Waals surface area contributed by atoms with Gasteiger partial charge in [-0.2, -0.15) is 4.39 Å². The predicted molar refractivity (Wildman–Crippen MR) is 85.7 cm³/mol. The van der Waals surface area contributed by atoms with Crippen molar-refractivity contribution in [3.05, 3.63) is 60.5 Å². The number of thiazole rings is 1. The molecule has 1 N–H and O–H groups in total. The van der Waals surface area contributed by atoms with Gasteiger partial charge in [0.15, 0.2) is 5.65 Å². The van der Waals surface area contributed by atoms with Crippen LogP contribution < -0.4 is 5.32 Å². The minimum atomic E-state index is -0.492. The molecule has 22 heavy (non-hydrogen) atoms. The maximum atomic E-state index is 12.9. The van der Waals surface area contributed by atoms with Crippen LogP contribution in [0.4, 0.5) is 4.39 Å². The molecule has 4 nitrogen and oxygen atoms in total. The van der Waals surface area contributed by atoms with E-state index in [0.29, 0.717) is 5.65 Å². The number of nitrogens with one attached hydrogen (secondary N) is 1. The first kappa shape index (κ1) is 13.1. The number of rotatable bonds is 2. The van der Waals surface area contributed by atoms with Crippen molar-refractivity contribution in [3.8, 4) is 10.6 Å². The summed E-state index contributed by atoms with van der Waals surface area (Å²) in [5.74, 6) is -0.492. The van der Waals surface area contributed by atoms with E-state index in [2.05, 4.69) is 26.3 Å². The minimum absolute atomic E-state index is 0.492. The molecule has 0 fully saturated rings. The fourth-order valence-corrected chi connectivity index (χ4v) is 3.13. The molecule has 3 aromatic heterocycles.